The number of anilines is 1. The number of amides is 1. The summed E-state index contributed by atoms with van der Waals surface area (Å²) in [7, 11) is 0. The Hall–Kier alpha value is -2.30. The molecule has 22 heavy (non-hydrogen) atoms. The van der Waals surface area contributed by atoms with Gasteiger partial charge in [-0.1, -0.05) is 53.5 Å². The first-order chi connectivity index (χ1) is 10.6. The van der Waals surface area contributed by atoms with Gasteiger partial charge in [-0.25, -0.2) is 0 Å². The minimum atomic E-state index is -0.320. The third kappa shape index (κ3) is 2.98. The van der Waals surface area contributed by atoms with Crippen LogP contribution in [0.4, 0.5) is 5.69 Å². The number of aromatic amines is 1. The third-order valence-corrected chi connectivity index (χ3v) is 3.75. The van der Waals surface area contributed by atoms with Gasteiger partial charge in [0.05, 0.1) is 21.4 Å². The Morgan fingerprint density at radius 2 is 1.68 bits per heavy atom. The predicted octanol–water partition coefficient (Wildman–Crippen LogP) is 4.64. The highest BCUT2D eigenvalue weighted by molar-refractivity contribution is 6.34. The standard InChI is InChI=1S/C16H11Cl2N3O/c17-11-6-2-1-5-10(11)14-9-15(21-20-14)16(22)19-13-8-4-3-7-12(13)18/h1-9H,(H,19,22)(H,20,21). The third-order valence-electron chi connectivity index (χ3n) is 3.09. The molecular weight excluding hydrogens is 321 g/mol. The molecule has 0 fully saturated rings. The summed E-state index contributed by atoms with van der Waals surface area (Å²) in [5.41, 5.74) is 2.24. The van der Waals surface area contributed by atoms with E-state index >= 15 is 0 Å². The summed E-state index contributed by atoms with van der Waals surface area (Å²) in [6.07, 6.45) is 0. The SMILES string of the molecule is O=C(Nc1ccccc1Cl)c1cc(-c2ccccc2Cl)n[nH]1. The minimum Gasteiger partial charge on any atom is -0.319 e. The smallest absolute Gasteiger partial charge is 0.273 e. The van der Waals surface area contributed by atoms with Crippen molar-refractivity contribution in [3.8, 4) is 11.3 Å². The second-order valence-electron chi connectivity index (χ2n) is 4.58. The highest BCUT2D eigenvalue weighted by atomic mass is 35.5. The van der Waals surface area contributed by atoms with Crippen LogP contribution < -0.4 is 5.32 Å². The molecule has 0 aliphatic carbocycles. The van der Waals surface area contributed by atoms with E-state index in [0.29, 0.717) is 27.1 Å². The van der Waals surface area contributed by atoms with Gasteiger partial charge in [0.25, 0.3) is 5.91 Å². The van der Waals surface area contributed by atoms with E-state index < -0.39 is 0 Å². The van der Waals surface area contributed by atoms with Crippen molar-refractivity contribution in [2.45, 2.75) is 0 Å². The van der Waals surface area contributed by atoms with Gasteiger partial charge in [-0.15, -0.1) is 0 Å². The zero-order valence-electron chi connectivity index (χ0n) is 11.3. The number of nitrogens with zero attached hydrogens (tertiary/aromatic N) is 1. The van der Waals surface area contributed by atoms with Gasteiger partial charge < -0.3 is 5.32 Å². The first kappa shape index (κ1) is 14.6. The summed E-state index contributed by atoms with van der Waals surface area (Å²) in [5.74, 6) is -0.320. The number of halogens is 2. The van der Waals surface area contributed by atoms with Crippen LogP contribution in [0.3, 0.4) is 0 Å². The lowest BCUT2D eigenvalue weighted by Gasteiger charge is -2.04. The molecule has 0 saturated heterocycles. The van der Waals surface area contributed by atoms with E-state index in [4.69, 9.17) is 23.2 Å². The van der Waals surface area contributed by atoms with Crippen molar-refractivity contribution < 1.29 is 4.79 Å². The number of rotatable bonds is 3. The van der Waals surface area contributed by atoms with Crippen molar-refractivity contribution >= 4 is 34.8 Å². The normalized spacial score (nSPS) is 10.5. The van der Waals surface area contributed by atoms with Crippen molar-refractivity contribution in [3.63, 3.8) is 0 Å². The lowest BCUT2D eigenvalue weighted by molar-refractivity contribution is 0.102. The molecule has 1 aromatic heterocycles. The Kier molecular flexibility index (Phi) is 4.13. The Morgan fingerprint density at radius 1 is 1.00 bits per heavy atom. The van der Waals surface area contributed by atoms with E-state index in [0.717, 1.165) is 5.56 Å². The van der Waals surface area contributed by atoms with Crippen LogP contribution in [0.5, 0.6) is 0 Å². The van der Waals surface area contributed by atoms with Crippen molar-refractivity contribution in [2.24, 2.45) is 0 Å². The first-order valence-corrected chi connectivity index (χ1v) is 7.27. The molecule has 4 nitrogen and oxygen atoms in total. The highest BCUT2D eigenvalue weighted by Crippen LogP contribution is 2.26. The van der Waals surface area contributed by atoms with Crippen LogP contribution in [0.1, 0.15) is 10.5 Å². The molecule has 3 aromatic rings. The van der Waals surface area contributed by atoms with E-state index in [1.165, 1.54) is 0 Å². The average Bonchev–Trinajstić information content (AvgIpc) is 3.00. The fraction of sp³-hybridized carbons (Fsp3) is 0. The zero-order valence-corrected chi connectivity index (χ0v) is 12.8. The number of hydrogen-bond acceptors (Lipinski definition) is 2. The molecule has 2 aromatic carbocycles. The Labute approximate surface area is 137 Å². The zero-order chi connectivity index (χ0) is 15.5. The molecule has 0 bridgehead atoms. The molecule has 1 amide bonds. The first-order valence-electron chi connectivity index (χ1n) is 6.51. The number of H-pyrrole nitrogens is 1. The summed E-state index contributed by atoms with van der Waals surface area (Å²) in [6.45, 7) is 0. The Balaban J connectivity index is 1.84. The topological polar surface area (TPSA) is 57.8 Å². The lowest BCUT2D eigenvalue weighted by Crippen LogP contribution is -2.12. The summed E-state index contributed by atoms with van der Waals surface area (Å²) < 4.78 is 0. The van der Waals surface area contributed by atoms with Gasteiger partial charge in [0, 0.05) is 5.56 Å². The van der Waals surface area contributed by atoms with Gasteiger partial charge in [-0.3, -0.25) is 9.89 Å². The Bertz CT molecular complexity index is 830. The number of benzene rings is 2. The number of nitrogens with one attached hydrogen (secondary N) is 2. The van der Waals surface area contributed by atoms with Crippen LogP contribution in [0.2, 0.25) is 10.0 Å². The van der Waals surface area contributed by atoms with Gasteiger partial charge in [0.1, 0.15) is 5.69 Å². The highest BCUT2D eigenvalue weighted by Gasteiger charge is 2.13. The molecule has 0 radical (unpaired) electrons. The number of carbonyl (C=O) groups excluding carboxylic acids is 1. The minimum absolute atomic E-state index is 0.320. The van der Waals surface area contributed by atoms with Crippen molar-refractivity contribution in [3.05, 3.63) is 70.3 Å². The van der Waals surface area contributed by atoms with E-state index in [-0.39, 0.29) is 5.91 Å². The van der Waals surface area contributed by atoms with Gasteiger partial charge in [-0.05, 0) is 24.3 Å². The predicted molar refractivity (Wildman–Crippen MR) is 88.4 cm³/mol. The monoisotopic (exact) mass is 331 g/mol. The number of carbonyl (C=O) groups is 1. The quantitative estimate of drug-likeness (QED) is 0.734. The van der Waals surface area contributed by atoms with Gasteiger partial charge in [-0.2, -0.15) is 5.10 Å². The maximum atomic E-state index is 12.2. The summed E-state index contributed by atoms with van der Waals surface area (Å²) in [4.78, 5) is 12.2. The van der Waals surface area contributed by atoms with Crippen LogP contribution >= 0.6 is 23.2 Å². The lowest BCUT2D eigenvalue weighted by atomic mass is 10.1. The van der Waals surface area contributed by atoms with Gasteiger partial charge >= 0.3 is 0 Å². The number of para-hydroxylation sites is 1. The molecule has 0 unspecified atom stereocenters. The van der Waals surface area contributed by atoms with Crippen LogP contribution in [0, 0.1) is 0 Å². The van der Waals surface area contributed by atoms with E-state index in [9.17, 15) is 4.79 Å². The number of hydrogen-bond donors (Lipinski definition) is 2. The maximum absolute atomic E-state index is 12.2. The fourth-order valence-electron chi connectivity index (χ4n) is 2.00. The maximum Gasteiger partial charge on any atom is 0.273 e. The van der Waals surface area contributed by atoms with Crippen molar-refractivity contribution in [1.29, 1.82) is 0 Å². The Morgan fingerprint density at radius 3 is 2.41 bits per heavy atom. The summed E-state index contributed by atoms with van der Waals surface area (Å²) >= 11 is 12.1. The molecule has 2 N–H and O–H groups in total. The van der Waals surface area contributed by atoms with E-state index in [2.05, 4.69) is 15.5 Å². The average molecular weight is 332 g/mol. The number of aromatic nitrogens is 2. The molecule has 6 heteroatoms. The van der Waals surface area contributed by atoms with E-state index in [1.807, 2.05) is 18.2 Å². The summed E-state index contributed by atoms with van der Waals surface area (Å²) in [5, 5.41) is 10.6. The molecule has 0 spiro atoms. The van der Waals surface area contributed by atoms with Crippen molar-refractivity contribution in [2.75, 3.05) is 5.32 Å². The largest absolute Gasteiger partial charge is 0.319 e. The van der Waals surface area contributed by atoms with Crippen LogP contribution in [0.25, 0.3) is 11.3 Å². The molecule has 3 rings (SSSR count). The summed E-state index contributed by atoms with van der Waals surface area (Å²) in [6, 6.07) is 16.0. The van der Waals surface area contributed by atoms with E-state index in [1.54, 1.807) is 36.4 Å². The van der Waals surface area contributed by atoms with Gasteiger partial charge in [0.15, 0.2) is 0 Å². The molecule has 1 heterocycles. The second kappa shape index (κ2) is 6.22. The molecule has 0 atom stereocenters. The van der Waals surface area contributed by atoms with Gasteiger partial charge in [0.2, 0.25) is 0 Å². The fourth-order valence-corrected chi connectivity index (χ4v) is 2.41. The molecule has 0 aliphatic rings. The van der Waals surface area contributed by atoms with Crippen LogP contribution in [-0.2, 0) is 0 Å². The molecule has 0 saturated carbocycles. The van der Waals surface area contributed by atoms with Crippen molar-refractivity contribution in [1.82, 2.24) is 10.2 Å². The second-order valence-corrected chi connectivity index (χ2v) is 5.40. The molecular formula is C16H11Cl2N3O. The van der Waals surface area contributed by atoms with Crippen LogP contribution in [0.15, 0.2) is 54.6 Å². The van der Waals surface area contributed by atoms with Crippen LogP contribution in [-0.4, -0.2) is 16.1 Å². The molecule has 0 aliphatic heterocycles. The molecule has 110 valence electrons.